The Labute approximate surface area is 128 Å². The number of ether oxygens (including phenoxy) is 1. The first-order chi connectivity index (χ1) is 10.2. The Balaban J connectivity index is 1.60. The average Bonchev–Trinajstić information content (AvgIpc) is 2.96. The molecule has 0 aliphatic heterocycles. The molecule has 3 rings (SSSR count). The number of benzene rings is 2. The number of alkyl halides is 1. The van der Waals surface area contributed by atoms with Crippen LogP contribution in [0.2, 0.25) is 0 Å². The van der Waals surface area contributed by atoms with Gasteiger partial charge in [0.05, 0.1) is 18.1 Å². The summed E-state index contributed by atoms with van der Waals surface area (Å²) >= 11 is 5.95. The van der Waals surface area contributed by atoms with Crippen molar-refractivity contribution in [1.82, 2.24) is 15.0 Å². The molecule has 0 radical (unpaired) electrons. The normalized spacial score (nSPS) is 12.5. The molecule has 1 aromatic heterocycles. The van der Waals surface area contributed by atoms with E-state index < -0.39 is 0 Å². The fourth-order valence-electron chi connectivity index (χ4n) is 2.12. The van der Waals surface area contributed by atoms with Gasteiger partial charge in [0.25, 0.3) is 0 Å². The number of halogens is 1. The van der Waals surface area contributed by atoms with Crippen LogP contribution in [0.4, 0.5) is 0 Å². The molecule has 0 fully saturated rings. The van der Waals surface area contributed by atoms with Gasteiger partial charge < -0.3 is 4.74 Å². The predicted molar refractivity (Wildman–Crippen MR) is 83.7 cm³/mol. The number of hydrogen-bond acceptors (Lipinski definition) is 3. The highest BCUT2D eigenvalue weighted by molar-refractivity contribution is 6.20. The second kappa shape index (κ2) is 6.14. The quantitative estimate of drug-likeness (QED) is 0.673. The van der Waals surface area contributed by atoms with E-state index in [2.05, 4.69) is 28.5 Å². The van der Waals surface area contributed by atoms with Gasteiger partial charge in [-0.1, -0.05) is 35.5 Å². The van der Waals surface area contributed by atoms with Crippen LogP contribution in [-0.4, -0.2) is 21.6 Å². The molecule has 0 bridgehead atoms. The molecule has 3 aromatic rings. The molecule has 0 aliphatic rings. The Hall–Kier alpha value is -2.07. The molecule has 1 heterocycles. The minimum atomic E-state index is -0.125. The van der Waals surface area contributed by atoms with Crippen molar-refractivity contribution in [2.45, 2.75) is 18.8 Å². The SMILES string of the molecule is CC(Cl)c1cn(CCOc2ccc3ccccc3c2)nn1. The van der Waals surface area contributed by atoms with Crippen LogP contribution in [0.5, 0.6) is 5.75 Å². The zero-order chi connectivity index (χ0) is 14.7. The lowest BCUT2D eigenvalue weighted by atomic mass is 10.1. The van der Waals surface area contributed by atoms with E-state index in [1.54, 1.807) is 4.68 Å². The highest BCUT2D eigenvalue weighted by Crippen LogP contribution is 2.20. The maximum Gasteiger partial charge on any atom is 0.120 e. The van der Waals surface area contributed by atoms with E-state index in [1.807, 2.05) is 37.4 Å². The van der Waals surface area contributed by atoms with Crippen molar-refractivity contribution in [1.29, 1.82) is 0 Å². The van der Waals surface area contributed by atoms with E-state index in [4.69, 9.17) is 16.3 Å². The highest BCUT2D eigenvalue weighted by Gasteiger charge is 2.06. The van der Waals surface area contributed by atoms with E-state index in [9.17, 15) is 0 Å². The summed E-state index contributed by atoms with van der Waals surface area (Å²) in [6, 6.07) is 14.3. The van der Waals surface area contributed by atoms with Crippen molar-refractivity contribution in [2.75, 3.05) is 6.61 Å². The van der Waals surface area contributed by atoms with Gasteiger partial charge in [0.15, 0.2) is 0 Å². The summed E-state index contributed by atoms with van der Waals surface area (Å²) < 4.78 is 7.51. The first kappa shape index (κ1) is 13.9. The first-order valence-corrected chi connectivity index (χ1v) is 7.32. The monoisotopic (exact) mass is 301 g/mol. The van der Waals surface area contributed by atoms with Crippen LogP contribution >= 0.6 is 11.6 Å². The number of fused-ring (bicyclic) bond motifs is 1. The molecule has 4 nitrogen and oxygen atoms in total. The summed E-state index contributed by atoms with van der Waals surface area (Å²) in [6.07, 6.45) is 1.85. The molecule has 1 unspecified atom stereocenters. The van der Waals surface area contributed by atoms with E-state index >= 15 is 0 Å². The van der Waals surface area contributed by atoms with Gasteiger partial charge in [-0.2, -0.15) is 0 Å². The molecular weight excluding hydrogens is 286 g/mol. The van der Waals surface area contributed by atoms with Crippen LogP contribution in [0.1, 0.15) is 18.0 Å². The summed E-state index contributed by atoms with van der Waals surface area (Å²) in [4.78, 5) is 0. The molecular formula is C16H16ClN3O. The zero-order valence-electron chi connectivity index (χ0n) is 11.7. The molecule has 2 aromatic carbocycles. The Kier molecular flexibility index (Phi) is 4.06. The molecule has 21 heavy (non-hydrogen) atoms. The van der Waals surface area contributed by atoms with Crippen LogP contribution in [-0.2, 0) is 6.54 Å². The predicted octanol–water partition coefficient (Wildman–Crippen LogP) is 3.81. The van der Waals surface area contributed by atoms with Crippen molar-refractivity contribution < 1.29 is 4.74 Å². The van der Waals surface area contributed by atoms with Crippen molar-refractivity contribution in [2.24, 2.45) is 0 Å². The Morgan fingerprint density at radius 2 is 2.00 bits per heavy atom. The third-order valence-corrected chi connectivity index (χ3v) is 3.50. The van der Waals surface area contributed by atoms with Crippen molar-refractivity contribution in [3.8, 4) is 5.75 Å². The van der Waals surface area contributed by atoms with Crippen LogP contribution in [0.15, 0.2) is 48.7 Å². The van der Waals surface area contributed by atoms with Crippen molar-refractivity contribution in [3.05, 3.63) is 54.4 Å². The molecule has 0 aliphatic carbocycles. The van der Waals surface area contributed by atoms with E-state index in [0.717, 1.165) is 11.4 Å². The zero-order valence-corrected chi connectivity index (χ0v) is 12.5. The molecule has 5 heteroatoms. The summed E-state index contributed by atoms with van der Waals surface area (Å²) in [5.41, 5.74) is 0.780. The standard InChI is InChI=1S/C16H16ClN3O/c1-12(17)16-11-20(19-18-16)8-9-21-15-7-6-13-4-2-3-5-14(13)10-15/h2-7,10-12H,8-9H2,1H3. The number of hydrogen-bond donors (Lipinski definition) is 0. The summed E-state index contributed by atoms with van der Waals surface area (Å²) in [5, 5.41) is 10.3. The Bertz CT molecular complexity index is 739. The van der Waals surface area contributed by atoms with Crippen molar-refractivity contribution >= 4 is 22.4 Å². The second-order valence-corrected chi connectivity index (χ2v) is 5.53. The van der Waals surface area contributed by atoms with E-state index in [-0.39, 0.29) is 5.38 Å². The average molecular weight is 302 g/mol. The largest absolute Gasteiger partial charge is 0.492 e. The van der Waals surface area contributed by atoms with Crippen LogP contribution in [0.3, 0.4) is 0 Å². The van der Waals surface area contributed by atoms with Crippen LogP contribution < -0.4 is 4.74 Å². The smallest absolute Gasteiger partial charge is 0.120 e. The fraction of sp³-hybridized carbons (Fsp3) is 0.250. The minimum Gasteiger partial charge on any atom is -0.492 e. The highest BCUT2D eigenvalue weighted by atomic mass is 35.5. The van der Waals surface area contributed by atoms with Crippen molar-refractivity contribution in [3.63, 3.8) is 0 Å². The van der Waals surface area contributed by atoms with Gasteiger partial charge in [-0.05, 0) is 29.8 Å². The van der Waals surface area contributed by atoms with Gasteiger partial charge in [-0.3, -0.25) is 0 Å². The maximum absolute atomic E-state index is 5.95. The fourth-order valence-corrected chi connectivity index (χ4v) is 2.22. The van der Waals surface area contributed by atoms with Gasteiger partial charge in [0.1, 0.15) is 18.1 Å². The van der Waals surface area contributed by atoms with Gasteiger partial charge in [-0.25, -0.2) is 4.68 Å². The third-order valence-electron chi connectivity index (χ3n) is 3.27. The lowest BCUT2D eigenvalue weighted by molar-refractivity contribution is 0.290. The van der Waals surface area contributed by atoms with Gasteiger partial charge in [0, 0.05) is 0 Å². The second-order valence-electron chi connectivity index (χ2n) is 4.88. The van der Waals surface area contributed by atoms with Crippen LogP contribution in [0.25, 0.3) is 10.8 Å². The summed E-state index contributed by atoms with van der Waals surface area (Å²) in [6.45, 7) is 3.06. The lowest BCUT2D eigenvalue weighted by Crippen LogP contribution is -2.08. The van der Waals surface area contributed by atoms with Gasteiger partial charge >= 0.3 is 0 Å². The Morgan fingerprint density at radius 3 is 2.76 bits per heavy atom. The van der Waals surface area contributed by atoms with Crippen LogP contribution in [0, 0.1) is 0 Å². The summed E-state index contributed by atoms with van der Waals surface area (Å²) in [5.74, 6) is 0.861. The molecule has 0 spiro atoms. The number of rotatable bonds is 5. The molecule has 0 saturated heterocycles. The van der Waals surface area contributed by atoms with E-state index in [0.29, 0.717) is 13.2 Å². The molecule has 108 valence electrons. The van der Waals surface area contributed by atoms with Gasteiger partial charge in [0.2, 0.25) is 0 Å². The molecule has 0 N–H and O–H groups in total. The number of aromatic nitrogens is 3. The van der Waals surface area contributed by atoms with Gasteiger partial charge in [-0.15, -0.1) is 16.7 Å². The minimum absolute atomic E-state index is 0.125. The first-order valence-electron chi connectivity index (χ1n) is 6.88. The topological polar surface area (TPSA) is 39.9 Å². The maximum atomic E-state index is 5.95. The molecule has 0 saturated carbocycles. The molecule has 1 atom stereocenters. The molecule has 0 amide bonds. The number of nitrogens with zero attached hydrogens (tertiary/aromatic N) is 3. The van der Waals surface area contributed by atoms with E-state index in [1.165, 1.54) is 10.8 Å². The summed E-state index contributed by atoms with van der Waals surface area (Å²) in [7, 11) is 0. The Morgan fingerprint density at radius 1 is 1.19 bits per heavy atom. The third kappa shape index (κ3) is 3.34. The lowest BCUT2D eigenvalue weighted by Gasteiger charge is -2.07.